The number of piperidine rings is 3. The van der Waals surface area contributed by atoms with Crippen molar-refractivity contribution in [1.82, 2.24) is 15.2 Å². The normalized spacial score (nSPS) is 24.5. The summed E-state index contributed by atoms with van der Waals surface area (Å²) in [6.45, 7) is 3.52. The van der Waals surface area contributed by atoms with Crippen molar-refractivity contribution in [1.29, 1.82) is 0 Å². The summed E-state index contributed by atoms with van der Waals surface area (Å²) in [6.07, 6.45) is -2.22. The van der Waals surface area contributed by atoms with Crippen LogP contribution in [0.1, 0.15) is 30.1 Å². The fraction of sp³-hybridized carbons (Fsp3) is 0.579. The van der Waals surface area contributed by atoms with E-state index in [9.17, 15) is 18.0 Å². The molecule has 5 rings (SSSR count). The number of hydrogen-bond acceptors (Lipinski definition) is 5. The van der Waals surface area contributed by atoms with Crippen LogP contribution in [0.25, 0.3) is 11.1 Å². The standard InChI is InChI=1S/C19H23F3N4O2/c1-2-26(11-19(20,21)22)18-24-16-13(4-3-5-15(16)28-18)17(27)23-14-10-25-8-6-12(14)7-9-25/h3-5,12,14H,2,6-11H2,1H3,(H,23,27). The number of nitrogens with one attached hydrogen (secondary N) is 1. The van der Waals surface area contributed by atoms with Gasteiger partial charge in [0.25, 0.3) is 11.9 Å². The van der Waals surface area contributed by atoms with Gasteiger partial charge in [0.05, 0.1) is 5.56 Å². The molecule has 3 saturated heterocycles. The number of rotatable bonds is 5. The maximum Gasteiger partial charge on any atom is 0.406 e. The van der Waals surface area contributed by atoms with Crippen LogP contribution in [0.15, 0.2) is 22.6 Å². The second-order valence-electron chi connectivity index (χ2n) is 7.50. The van der Waals surface area contributed by atoms with Crippen LogP contribution in [-0.4, -0.2) is 60.7 Å². The Morgan fingerprint density at radius 2 is 2.11 bits per heavy atom. The van der Waals surface area contributed by atoms with Gasteiger partial charge in [-0.1, -0.05) is 6.07 Å². The first-order valence-corrected chi connectivity index (χ1v) is 9.58. The van der Waals surface area contributed by atoms with Gasteiger partial charge >= 0.3 is 6.18 Å². The molecule has 9 heteroatoms. The summed E-state index contributed by atoms with van der Waals surface area (Å²) in [5.41, 5.74) is 0.918. The summed E-state index contributed by atoms with van der Waals surface area (Å²) in [4.78, 5) is 20.4. The lowest BCUT2D eigenvalue weighted by molar-refractivity contribution is -0.120. The summed E-state index contributed by atoms with van der Waals surface area (Å²) in [5, 5.41) is 3.09. The van der Waals surface area contributed by atoms with E-state index in [1.165, 1.54) is 0 Å². The maximum absolute atomic E-state index is 12.9. The number of oxazole rings is 1. The molecule has 1 aromatic heterocycles. The molecule has 2 bridgehead atoms. The molecule has 0 aliphatic carbocycles. The summed E-state index contributed by atoms with van der Waals surface area (Å²) < 4.78 is 43.9. The number of anilines is 1. The van der Waals surface area contributed by atoms with Gasteiger partial charge < -0.3 is 19.5 Å². The third-order valence-corrected chi connectivity index (χ3v) is 5.65. The molecule has 1 amide bonds. The molecule has 0 radical (unpaired) electrons. The first-order chi connectivity index (χ1) is 13.3. The minimum Gasteiger partial charge on any atom is -0.423 e. The Morgan fingerprint density at radius 3 is 2.71 bits per heavy atom. The number of fused-ring (bicyclic) bond motifs is 4. The smallest absolute Gasteiger partial charge is 0.406 e. The van der Waals surface area contributed by atoms with Crippen molar-refractivity contribution in [3.05, 3.63) is 23.8 Å². The molecule has 0 spiro atoms. The van der Waals surface area contributed by atoms with Gasteiger partial charge in [0.15, 0.2) is 5.58 Å². The summed E-state index contributed by atoms with van der Waals surface area (Å²) in [6, 6.07) is 4.86. The lowest BCUT2D eigenvalue weighted by Crippen LogP contribution is -2.57. The SMILES string of the molecule is CCN(CC(F)(F)F)c1nc2c(C(=O)NC3CN4CCC3CC4)cccc2o1. The van der Waals surface area contributed by atoms with E-state index in [1.54, 1.807) is 25.1 Å². The average molecular weight is 396 g/mol. The number of hydrogen-bond donors (Lipinski definition) is 1. The van der Waals surface area contributed by atoms with Crippen molar-refractivity contribution in [3.8, 4) is 0 Å². The van der Waals surface area contributed by atoms with Crippen LogP contribution in [0.3, 0.4) is 0 Å². The van der Waals surface area contributed by atoms with Crippen LogP contribution in [0.4, 0.5) is 19.2 Å². The van der Waals surface area contributed by atoms with Gasteiger partial charge in [-0.05, 0) is 50.9 Å². The number of carbonyl (C=O) groups is 1. The molecule has 2 aromatic rings. The Hall–Kier alpha value is -2.29. The van der Waals surface area contributed by atoms with Crippen LogP contribution in [0.2, 0.25) is 0 Å². The van der Waals surface area contributed by atoms with E-state index in [2.05, 4.69) is 15.2 Å². The Morgan fingerprint density at radius 1 is 1.36 bits per heavy atom. The monoisotopic (exact) mass is 396 g/mol. The molecule has 3 fully saturated rings. The topological polar surface area (TPSA) is 61.6 Å². The number of amides is 1. The van der Waals surface area contributed by atoms with Gasteiger partial charge in [-0.2, -0.15) is 18.2 Å². The molecule has 152 valence electrons. The number of halogens is 3. The molecule has 1 N–H and O–H groups in total. The lowest BCUT2D eigenvalue weighted by Gasteiger charge is -2.44. The summed E-state index contributed by atoms with van der Waals surface area (Å²) in [7, 11) is 0. The first kappa shape index (κ1) is 19.0. The van der Waals surface area contributed by atoms with E-state index < -0.39 is 12.7 Å². The second kappa shape index (κ2) is 7.27. The molecule has 3 aliphatic rings. The highest BCUT2D eigenvalue weighted by Crippen LogP contribution is 2.29. The minimum absolute atomic E-state index is 0.0907. The molecule has 3 aliphatic heterocycles. The minimum atomic E-state index is -4.37. The van der Waals surface area contributed by atoms with E-state index in [4.69, 9.17) is 4.42 Å². The quantitative estimate of drug-likeness (QED) is 0.842. The predicted octanol–water partition coefficient (Wildman–Crippen LogP) is 3.04. The summed E-state index contributed by atoms with van der Waals surface area (Å²) in [5.74, 6) is 0.214. The van der Waals surface area contributed by atoms with Gasteiger partial charge in [-0.15, -0.1) is 0 Å². The van der Waals surface area contributed by atoms with Gasteiger partial charge in [0, 0.05) is 19.1 Å². The number of carbonyl (C=O) groups excluding carboxylic acids is 1. The zero-order valence-electron chi connectivity index (χ0n) is 15.6. The van der Waals surface area contributed by atoms with Crippen LogP contribution in [0.5, 0.6) is 0 Å². The summed E-state index contributed by atoms with van der Waals surface area (Å²) >= 11 is 0. The van der Waals surface area contributed by atoms with E-state index in [0.29, 0.717) is 17.1 Å². The Balaban J connectivity index is 1.57. The van der Waals surface area contributed by atoms with Gasteiger partial charge in [-0.25, -0.2) is 0 Å². The Bertz CT molecular complexity index is 858. The van der Waals surface area contributed by atoms with Gasteiger partial charge in [-0.3, -0.25) is 4.79 Å². The van der Waals surface area contributed by atoms with Crippen molar-refractivity contribution in [2.75, 3.05) is 37.6 Å². The molecule has 1 aromatic carbocycles. The fourth-order valence-corrected chi connectivity index (χ4v) is 4.16. The molecule has 6 nitrogen and oxygen atoms in total. The highest BCUT2D eigenvalue weighted by Gasteiger charge is 2.36. The van der Waals surface area contributed by atoms with E-state index in [0.717, 1.165) is 37.4 Å². The number of para-hydroxylation sites is 1. The second-order valence-corrected chi connectivity index (χ2v) is 7.50. The third kappa shape index (κ3) is 3.80. The molecular formula is C19H23F3N4O2. The van der Waals surface area contributed by atoms with Crippen LogP contribution >= 0.6 is 0 Å². The molecule has 1 unspecified atom stereocenters. The van der Waals surface area contributed by atoms with E-state index in [-0.39, 0.29) is 30.0 Å². The average Bonchev–Trinajstić information content (AvgIpc) is 3.10. The molecule has 0 saturated carbocycles. The fourth-order valence-electron chi connectivity index (χ4n) is 4.16. The Kier molecular flexibility index (Phi) is 4.95. The largest absolute Gasteiger partial charge is 0.423 e. The highest BCUT2D eigenvalue weighted by molar-refractivity contribution is 6.04. The van der Waals surface area contributed by atoms with E-state index in [1.807, 2.05) is 0 Å². The molecular weight excluding hydrogens is 373 g/mol. The van der Waals surface area contributed by atoms with Crippen LogP contribution in [-0.2, 0) is 0 Å². The maximum atomic E-state index is 12.9. The van der Waals surface area contributed by atoms with Gasteiger partial charge in [0.2, 0.25) is 0 Å². The van der Waals surface area contributed by atoms with Crippen LogP contribution < -0.4 is 10.2 Å². The number of alkyl halides is 3. The zero-order valence-corrected chi connectivity index (χ0v) is 15.6. The molecule has 1 atom stereocenters. The zero-order chi connectivity index (χ0) is 19.9. The van der Waals surface area contributed by atoms with Crippen molar-refractivity contribution in [3.63, 3.8) is 0 Å². The molecule has 4 heterocycles. The highest BCUT2D eigenvalue weighted by atomic mass is 19.4. The lowest BCUT2D eigenvalue weighted by atomic mass is 9.84. The van der Waals surface area contributed by atoms with Gasteiger partial charge in [0.1, 0.15) is 12.1 Å². The van der Waals surface area contributed by atoms with Crippen molar-refractivity contribution in [2.45, 2.75) is 32.0 Å². The first-order valence-electron chi connectivity index (χ1n) is 9.58. The van der Waals surface area contributed by atoms with Crippen molar-refractivity contribution < 1.29 is 22.4 Å². The van der Waals surface area contributed by atoms with Crippen molar-refractivity contribution >= 4 is 23.0 Å². The molecule has 28 heavy (non-hydrogen) atoms. The number of nitrogens with zero attached hydrogens (tertiary/aromatic N) is 3. The Labute approximate surface area is 160 Å². The van der Waals surface area contributed by atoms with E-state index >= 15 is 0 Å². The third-order valence-electron chi connectivity index (χ3n) is 5.65. The van der Waals surface area contributed by atoms with Crippen molar-refractivity contribution in [2.24, 2.45) is 5.92 Å². The van der Waals surface area contributed by atoms with Crippen LogP contribution in [0, 0.1) is 5.92 Å². The number of benzene rings is 1. The number of aromatic nitrogens is 1. The predicted molar refractivity (Wildman–Crippen MR) is 98.4 cm³/mol.